The van der Waals surface area contributed by atoms with Gasteiger partial charge in [0.05, 0.1) is 17.9 Å². The van der Waals surface area contributed by atoms with Crippen molar-refractivity contribution in [1.29, 1.82) is 0 Å². The van der Waals surface area contributed by atoms with Gasteiger partial charge in [-0.15, -0.1) is 0 Å². The number of hydrogen-bond donors (Lipinski definition) is 1. The van der Waals surface area contributed by atoms with Crippen molar-refractivity contribution >= 4 is 17.7 Å². The summed E-state index contributed by atoms with van der Waals surface area (Å²) in [4.78, 5) is 41.6. The first-order chi connectivity index (χ1) is 15.0. The average molecular weight is 417 g/mol. The number of imide groups is 1. The van der Waals surface area contributed by atoms with Crippen molar-refractivity contribution in [3.8, 4) is 0 Å². The summed E-state index contributed by atoms with van der Waals surface area (Å²) in [7, 11) is 0. The van der Waals surface area contributed by atoms with Crippen molar-refractivity contribution in [2.45, 2.75) is 44.7 Å². The van der Waals surface area contributed by atoms with E-state index < -0.39 is 6.04 Å². The predicted molar refractivity (Wildman–Crippen MR) is 117 cm³/mol. The molecule has 0 unspecified atom stereocenters. The Morgan fingerprint density at radius 2 is 1.48 bits per heavy atom. The van der Waals surface area contributed by atoms with E-state index in [1.165, 1.54) is 4.90 Å². The first kappa shape index (κ1) is 20.0. The lowest BCUT2D eigenvalue weighted by atomic mass is 9.81. The fourth-order valence-electron chi connectivity index (χ4n) is 6.01. The molecule has 3 aliphatic rings. The smallest absolute Gasteiger partial charge is 0.244 e. The molecule has 6 atom stereocenters. The summed E-state index contributed by atoms with van der Waals surface area (Å²) in [5.41, 5.74) is 1.93. The summed E-state index contributed by atoms with van der Waals surface area (Å²) in [6, 6.07) is 18.3. The predicted octanol–water partition coefficient (Wildman–Crippen LogP) is 3.51. The van der Waals surface area contributed by atoms with Crippen LogP contribution < -0.4 is 5.32 Å². The molecule has 31 heavy (non-hydrogen) atoms. The maximum Gasteiger partial charge on any atom is 0.244 e. The Hall–Kier alpha value is -2.95. The Balaban J connectivity index is 1.43. The number of nitrogens with one attached hydrogen (secondary N) is 1. The maximum atomic E-state index is 13.5. The summed E-state index contributed by atoms with van der Waals surface area (Å²) >= 11 is 0. The molecule has 0 aromatic heterocycles. The minimum atomic E-state index is -0.821. The van der Waals surface area contributed by atoms with Gasteiger partial charge in [-0.3, -0.25) is 19.3 Å². The first-order valence-corrected chi connectivity index (χ1v) is 11.3. The molecule has 2 aliphatic carbocycles. The van der Waals surface area contributed by atoms with Gasteiger partial charge < -0.3 is 5.32 Å². The number of likely N-dealkylation sites (tertiary alicyclic amines) is 1. The van der Waals surface area contributed by atoms with Gasteiger partial charge in [0.1, 0.15) is 6.04 Å². The van der Waals surface area contributed by atoms with Crippen LogP contribution in [0.15, 0.2) is 60.7 Å². The molecule has 3 fully saturated rings. The third kappa shape index (κ3) is 3.46. The molecule has 160 valence electrons. The SMILES string of the molecule is C[C@H](NC(=O)[C@H](Cc1ccccc1)N1C(=O)[C@@H]2[C@H]3CC[C@@H](C3)[C@@H]2C1=O)c1ccccc1. The summed E-state index contributed by atoms with van der Waals surface area (Å²) in [6.07, 6.45) is 3.38. The van der Waals surface area contributed by atoms with E-state index in [-0.39, 0.29) is 35.6 Å². The average Bonchev–Trinajstić information content (AvgIpc) is 3.47. The number of fused-ring (bicyclic) bond motifs is 5. The Bertz CT molecular complexity index is 962. The van der Waals surface area contributed by atoms with Crippen LogP contribution in [0.2, 0.25) is 0 Å². The molecule has 2 aromatic rings. The Morgan fingerprint density at radius 1 is 0.935 bits per heavy atom. The van der Waals surface area contributed by atoms with Crippen LogP contribution in [-0.4, -0.2) is 28.7 Å². The summed E-state index contributed by atoms with van der Waals surface area (Å²) < 4.78 is 0. The highest BCUT2D eigenvalue weighted by molar-refractivity contribution is 6.09. The largest absolute Gasteiger partial charge is 0.348 e. The van der Waals surface area contributed by atoms with Crippen LogP contribution in [-0.2, 0) is 20.8 Å². The molecule has 2 saturated carbocycles. The van der Waals surface area contributed by atoms with E-state index >= 15 is 0 Å². The molecule has 1 N–H and O–H groups in total. The van der Waals surface area contributed by atoms with E-state index in [9.17, 15) is 14.4 Å². The third-order valence-corrected chi connectivity index (χ3v) is 7.51. The monoisotopic (exact) mass is 416 g/mol. The number of rotatable bonds is 6. The summed E-state index contributed by atoms with van der Waals surface area (Å²) in [5, 5.41) is 3.05. The van der Waals surface area contributed by atoms with Gasteiger partial charge in [0.15, 0.2) is 0 Å². The number of amides is 3. The van der Waals surface area contributed by atoms with E-state index in [4.69, 9.17) is 0 Å². The second-order valence-corrected chi connectivity index (χ2v) is 9.28. The zero-order valence-corrected chi connectivity index (χ0v) is 17.7. The zero-order chi connectivity index (χ0) is 21.5. The second kappa shape index (κ2) is 7.95. The third-order valence-electron chi connectivity index (χ3n) is 7.51. The maximum absolute atomic E-state index is 13.5. The molecule has 2 aromatic carbocycles. The quantitative estimate of drug-likeness (QED) is 0.733. The highest BCUT2D eigenvalue weighted by Crippen LogP contribution is 2.56. The molecular weight excluding hydrogens is 388 g/mol. The molecular formula is C26H28N2O3. The van der Waals surface area contributed by atoms with Gasteiger partial charge in [0.2, 0.25) is 17.7 Å². The van der Waals surface area contributed by atoms with Gasteiger partial charge in [-0.1, -0.05) is 60.7 Å². The van der Waals surface area contributed by atoms with Gasteiger partial charge >= 0.3 is 0 Å². The van der Waals surface area contributed by atoms with Crippen LogP contribution >= 0.6 is 0 Å². The van der Waals surface area contributed by atoms with Crippen LogP contribution in [0.25, 0.3) is 0 Å². The molecule has 1 saturated heterocycles. The Kier molecular flexibility index (Phi) is 5.12. The fraction of sp³-hybridized carbons (Fsp3) is 0.423. The van der Waals surface area contributed by atoms with E-state index in [1.807, 2.05) is 67.6 Å². The molecule has 5 heteroatoms. The molecule has 1 aliphatic heterocycles. The minimum Gasteiger partial charge on any atom is -0.348 e. The minimum absolute atomic E-state index is 0.134. The molecule has 2 bridgehead atoms. The van der Waals surface area contributed by atoms with Gasteiger partial charge in [0, 0.05) is 6.42 Å². The lowest BCUT2D eigenvalue weighted by molar-refractivity contribution is -0.148. The van der Waals surface area contributed by atoms with E-state index in [2.05, 4.69) is 5.32 Å². The molecule has 5 rings (SSSR count). The normalized spacial score (nSPS) is 28.5. The topological polar surface area (TPSA) is 66.5 Å². The Labute approximate surface area is 182 Å². The van der Waals surface area contributed by atoms with E-state index in [1.54, 1.807) is 0 Å². The van der Waals surface area contributed by atoms with Crippen LogP contribution in [0.1, 0.15) is 43.4 Å². The first-order valence-electron chi connectivity index (χ1n) is 11.3. The van der Waals surface area contributed by atoms with Crippen molar-refractivity contribution in [1.82, 2.24) is 10.2 Å². The van der Waals surface area contributed by atoms with Crippen molar-refractivity contribution < 1.29 is 14.4 Å². The zero-order valence-electron chi connectivity index (χ0n) is 17.7. The highest BCUT2D eigenvalue weighted by atomic mass is 16.2. The van der Waals surface area contributed by atoms with Crippen molar-refractivity contribution in [3.63, 3.8) is 0 Å². The van der Waals surface area contributed by atoms with E-state index in [0.29, 0.717) is 18.3 Å². The summed E-state index contributed by atoms with van der Waals surface area (Å²) in [6.45, 7) is 1.93. The van der Waals surface area contributed by atoms with Crippen LogP contribution in [0.4, 0.5) is 0 Å². The van der Waals surface area contributed by atoms with Gasteiger partial charge in [-0.05, 0) is 49.1 Å². The lowest BCUT2D eigenvalue weighted by Gasteiger charge is -2.28. The fourth-order valence-corrected chi connectivity index (χ4v) is 6.01. The number of nitrogens with zero attached hydrogens (tertiary/aromatic N) is 1. The number of benzene rings is 2. The summed E-state index contributed by atoms with van der Waals surface area (Å²) in [5.74, 6) is -0.362. The number of carbonyl (C=O) groups is 3. The lowest BCUT2D eigenvalue weighted by Crippen LogP contribution is -2.52. The van der Waals surface area contributed by atoms with Crippen LogP contribution in [0.5, 0.6) is 0 Å². The van der Waals surface area contributed by atoms with Gasteiger partial charge in [-0.25, -0.2) is 0 Å². The van der Waals surface area contributed by atoms with Crippen LogP contribution in [0.3, 0.4) is 0 Å². The van der Waals surface area contributed by atoms with Crippen LogP contribution in [0, 0.1) is 23.7 Å². The van der Waals surface area contributed by atoms with Crippen molar-refractivity contribution in [2.24, 2.45) is 23.7 Å². The van der Waals surface area contributed by atoms with E-state index in [0.717, 1.165) is 30.4 Å². The number of carbonyl (C=O) groups excluding carboxylic acids is 3. The molecule has 0 radical (unpaired) electrons. The second-order valence-electron chi connectivity index (χ2n) is 9.28. The molecule has 0 spiro atoms. The van der Waals surface area contributed by atoms with Crippen molar-refractivity contribution in [2.75, 3.05) is 0 Å². The molecule has 1 heterocycles. The highest BCUT2D eigenvalue weighted by Gasteiger charge is 2.62. The Morgan fingerprint density at radius 3 is 2.06 bits per heavy atom. The number of hydrogen-bond acceptors (Lipinski definition) is 3. The molecule has 3 amide bonds. The standard InChI is InChI=1S/C26H28N2O3/c1-16(18-10-6-3-7-11-18)27-24(29)21(14-17-8-4-2-5-9-17)28-25(30)22-19-12-13-20(15-19)23(22)26(28)31/h2-11,16,19-23H,12-15H2,1H3,(H,27,29)/t16-,19-,20-,21-,22-,23+/m0/s1. The molecule has 5 nitrogen and oxygen atoms in total. The van der Waals surface area contributed by atoms with Crippen molar-refractivity contribution in [3.05, 3.63) is 71.8 Å². The van der Waals surface area contributed by atoms with Gasteiger partial charge in [-0.2, -0.15) is 0 Å². The van der Waals surface area contributed by atoms with Gasteiger partial charge in [0.25, 0.3) is 0 Å².